The number of nitrogens with two attached hydrogens (primary N) is 1. The van der Waals surface area contributed by atoms with Gasteiger partial charge in [-0.15, -0.1) is 0 Å². The summed E-state index contributed by atoms with van der Waals surface area (Å²) in [4.78, 5) is 12.7. The molecule has 3 aromatic rings. The summed E-state index contributed by atoms with van der Waals surface area (Å²) >= 11 is 0. The highest BCUT2D eigenvalue weighted by atomic mass is 16.2. The van der Waals surface area contributed by atoms with Crippen LogP contribution in [0.25, 0.3) is 11.3 Å². The van der Waals surface area contributed by atoms with Crippen molar-refractivity contribution < 1.29 is 4.79 Å². The number of nitrogen functional groups attached to an aromatic ring is 1. The number of fused-ring (bicyclic) bond motifs is 1. The van der Waals surface area contributed by atoms with Crippen LogP contribution in [0.3, 0.4) is 0 Å². The Balaban J connectivity index is 1.82. The van der Waals surface area contributed by atoms with Crippen LogP contribution in [0.2, 0.25) is 0 Å². The third-order valence-electron chi connectivity index (χ3n) is 4.41. The summed E-state index contributed by atoms with van der Waals surface area (Å²) in [6.07, 6.45) is 0. The monoisotopic (exact) mass is 341 g/mol. The first kappa shape index (κ1) is 16.0. The summed E-state index contributed by atoms with van der Waals surface area (Å²) in [6, 6.07) is 25.5. The number of carbonyl (C=O) groups is 1. The molecule has 0 atom stereocenters. The molecule has 0 aromatic heterocycles. The normalized spacial score (nSPS) is 14.5. The summed E-state index contributed by atoms with van der Waals surface area (Å²) in [5, 5.41) is 6.39. The van der Waals surface area contributed by atoms with Crippen molar-refractivity contribution >= 4 is 28.6 Å². The van der Waals surface area contributed by atoms with E-state index in [1.807, 2.05) is 60.7 Å². The number of nitrogens with one attached hydrogen (secondary N) is 2. The van der Waals surface area contributed by atoms with Gasteiger partial charge >= 0.3 is 0 Å². The molecule has 26 heavy (non-hydrogen) atoms. The zero-order valence-electron chi connectivity index (χ0n) is 14.2. The molecule has 4 nitrogen and oxygen atoms in total. The molecule has 128 valence electrons. The van der Waals surface area contributed by atoms with Crippen molar-refractivity contribution in [2.75, 3.05) is 11.1 Å². The number of rotatable bonds is 4. The Hall–Kier alpha value is -3.53. The van der Waals surface area contributed by atoms with Gasteiger partial charge in [-0.25, -0.2) is 0 Å². The highest BCUT2D eigenvalue weighted by Gasteiger charge is 2.28. The zero-order chi connectivity index (χ0) is 17.9. The minimum Gasteiger partial charge on any atom is -0.399 e. The van der Waals surface area contributed by atoms with Crippen molar-refractivity contribution in [1.82, 2.24) is 5.32 Å². The van der Waals surface area contributed by atoms with E-state index >= 15 is 0 Å². The van der Waals surface area contributed by atoms with Crippen molar-refractivity contribution in [3.63, 3.8) is 0 Å². The van der Waals surface area contributed by atoms with E-state index in [0.29, 0.717) is 17.8 Å². The average molecular weight is 341 g/mol. The van der Waals surface area contributed by atoms with Gasteiger partial charge in [-0.3, -0.25) is 4.79 Å². The standard InChI is InChI=1S/C22H19N3O/c23-17-11-12-19-18(13-17)20(22(26)25-19)21(16-9-5-2-6-10-16)24-14-15-7-3-1-4-8-15/h1-13,24H,14,23H2,(H,25,26)/b21-20-. The Kier molecular flexibility index (Phi) is 4.15. The lowest BCUT2D eigenvalue weighted by molar-refractivity contribution is -0.110. The second-order valence-electron chi connectivity index (χ2n) is 6.21. The van der Waals surface area contributed by atoms with Gasteiger partial charge in [0.2, 0.25) is 0 Å². The second-order valence-corrected chi connectivity index (χ2v) is 6.21. The van der Waals surface area contributed by atoms with Gasteiger partial charge in [-0.1, -0.05) is 60.7 Å². The molecule has 4 heteroatoms. The fourth-order valence-corrected chi connectivity index (χ4v) is 3.16. The molecule has 1 aliphatic rings. The van der Waals surface area contributed by atoms with Crippen LogP contribution >= 0.6 is 0 Å². The fraction of sp³-hybridized carbons (Fsp3) is 0.0455. The number of carbonyl (C=O) groups excluding carboxylic acids is 1. The molecule has 4 rings (SSSR count). The van der Waals surface area contributed by atoms with Crippen molar-refractivity contribution in [3.05, 3.63) is 95.6 Å². The van der Waals surface area contributed by atoms with Gasteiger partial charge in [0.05, 0.1) is 11.3 Å². The molecule has 0 radical (unpaired) electrons. The van der Waals surface area contributed by atoms with Gasteiger partial charge < -0.3 is 16.4 Å². The van der Waals surface area contributed by atoms with Crippen LogP contribution in [0.4, 0.5) is 11.4 Å². The van der Waals surface area contributed by atoms with Crippen LogP contribution in [0, 0.1) is 0 Å². The quantitative estimate of drug-likeness (QED) is 0.498. The lowest BCUT2D eigenvalue weighted by Gasteiger charge is -2.15. The zero-order valence-corrected chi connectivity index (χ0v) is 14.2. The molecule has 0 spiro atoms. The lowest BCUT2D eigenvalue weighted by Crippen LogP contribution is -2.16. The van der Waals surface area contributed by atoms with E-state index in [0.717, 1.165) is 28.1 Å². The minimum absolute atomic E-state index is 0.120. The van der Waals surface area contributed by atoms with E-state index in [9.17, 15) is 4.79 Å². The maximum absolute atomic E-state index is 12.7. The Morgan fingerprint density at radius 1 is 0.923 bits per heavy atom. The van der Waals surface area contributed by atoms with E-state index < -0.39 is 0 Å². The maximum Gasteiger partial charge on any atom is 0.258 e. The molecule has 0 saturated carbocycles. The number of anilines is 2. The molecule has 1 amide bonds. The van der Waals surface area contributed by atoms with Gasteiger partial charge in [0, 0.05) is 23.5 Å². The molecular weight excluding hydrogens is 322 g/mol. The molecule has 1 aliphatic heterocycles. The van der Waals surface area contributed by atoms with Gasteiger partial charge in [-0.2, -0.15) is 0 Å². The van der Waals surface area contributed by atoms with E-state index in [2.05, 4.69) is 22.8 Å². The summed E-state index contributed by atoms with van der Waals surface area (Å²) < 4.78 is 0. The number of hydrogen-bond donors (Lipinski definition) is 3. The molecule has 0 fully saturated rings. The number of hydrogen-bond acceptors (Lipinski definition) is 3. The molecule has 4 N–H and O–H groups in total. The predicted octanol–water partition coefficient (Wildman–Crippen LogP) is 3.88. The van der Waals surface area contributed by atoms with Crippen LogP contribution < -0.4 is 16.4 Å². The molecule has 0 bridgehead atoms. The second kappa shape index (κ2) is 6.76. The van der Waals surface area contributed by atoms with Gasteiger partial charge in [0.25, 0.3) is 5.91 Å². The summed E-state index contributed by atoms with van der Waals surface area (Å²) in [7, 11) is 0. The van der Waals surface area contributed by atoms with Gasteiger partial charge in [0.1, 0.15) is 0 Å². The Morgan fingerprint density at radius 3 is 2.35 bits per heavy atom. The maximum atomic E-state index is 12.7. The summed E-state index contributed by atoms with van der Waals surface area (Å²) in [5.74, 6) is -0.120. The summed E-state index contributed by atoms with van der Waals surface area (Å²) in [5.41, 5.74) is 11.7. The van der Waals surface area contributed by atoms with Gasteiger partial charge in [0.15, 0.2) is 0 Å². The first-order chi connectivity index (χ1) is 12.7. The fourth-order valence-electron chi connectivity index (χ4n) is 3.16. The van der Waals surface area contributed by atoms with Crippen molar-refractivity contribution in [2.45, 2.75) is 6.54 Å². The minimum atomic E-state index is -0.120. The van der Waals surface area contributed by atoms with E-state index in [1.54, 1.807) is 6.07 Å². The predicted molar refractivity (Wildman–Crippen MR) is 106 cm³/mol. The highest BCUT2D eigenvalue weighted by molar-refractivity contribution is 6.36. The number of amides is 1. The Morgan fingerprint density at radius 2 is 1.62 bits per heavy atom. The lowest BCUT2D eigenvalue weighted by atomic mass is 9.99. The molecule has 0 saturated heterocycles. The van der Waals surface area contributed by atoms with E-state index in [-0.39, 0.29) is 5.91 Å². The SMILES string of the molecule is Nc1ccc2c(c1)/C(=C(/NCc1ccccc1)c1ccccc1)C(=O)N2. The van der Waals surface area contributed by atoms with E-state index in [1.165, 1.54) is 0 Å². The average Bonchev–Trinajstić information content (AvgIpc) is 2.99. The summed E-state index contributed by atoms with van der Waals surface area (Å²) in [6.45, 7) is 0.625. The van der Waals surface area contributed by atoms with Crippen LogP contribution in [-0.2, 0) is 11.3 Å². The van der Waals surface area contributed by atoms with Crippen molar-refractivity contribution in [2.24, 2.45) is 0 Å². The molecule has 0 unspecified atom stereocenters. The Labute approximate surface area is 152 Å². The smallest absolute Gasteiger partial charge is 0.258 e. The largest absolute Gasteiger partial charge is 0.399 e. The van der Waals surface area contributed by atoms with Crippen LogP contribution in [0.5, 0.6) is 0 Å². The first-order valence-corrected chi connectivity index (χ1v) is 8.51. The Bertz CT molecular complexity index is 979. The van der Waals surface area contributed by atoms with Crippen LogP contribution in [0.15, 0.2) is 78.9 Å². The first-order valence-electron chi connectivity index (χ1n) is 8.51. The van der Waals surface area contributed by atoms with Crippen molar-refractivity contribution in [3.8, 4) is 0 Å². The van der Waals surface area contributed by atoms with Crippen molar-refractivity contribution in [1.29, 1.82) is 0 Å². The third kappa shape index (κ3) is 3.05. The number of benzene rings is 3. The van der Waals surface area contributed by atoms with E-state index in [4.69, 9.17) is 5.73 Å². The molecule has 0 aliphatic carbocycles. The topological polar surface area (TPSA) is 67.1 Å². The molecule has 3 aromatic carbocycles. The van der Waals surface area contributed by atoms with Crippen LogP contribution in [0.1, 0.15) is 16.7 Å². The molecule has 1 heterocycles. The molecular formula is C22H19N3O. The third-order valence-corrected chi connectivity index (χ3v) is 4.41. The van der Waals surface area contributed by atoms with Crippen LogP contribution in [-0.4, -0.2) is 5.91 Å². The van der Waals surface area contributed by atoms with Gasteiger partial charge in [-0.05, 0) is 29.3 Å². The highest BCUT2D eigenvalue weighted by Crippen LogP contribution is 2.37.